The van der Waals surface area contributed by atoms with E-state index >= 15 is 0 Å². The van der Waals surface area contributed by atoms with Gasteiger partial charge in [0, 0.05) is 25.9 Å². The summed E-state index contributed by atoms with van der Waals surface area (Å²) < 4.78 is 28.1. The molecule has 1 aromatic rings. The first-order valence-electron chi connectivity index (χ1n) is 5.41. The fourth-order valence-corrected chi connectivity index (χ4v) is 2.63. The van der Waals surface area contributed by atoms with Crippen LogP contribution < -0.4 is 4.72 Å². The zero-order valence-electron chi connectivity index (χ0n) is 10.5. The molecule has 0 aliphatic rings. The Hall–Kier alpha value is -0.920. The molecule has 0 amide bonds. The first-order valence-corrected chi connectivity index (χ1v) is 6.89. The highest BCUT2D eigenvalue weighted by Crippen LogP contribution is 2.10. The molecular weight excluding hydrogens is 242 g/mol. The predicted molar refractivity (Wildman–Crippen MR) is 64.0 cm³/mol. The third-order valence-corrected chi connectivity index (χ3v) is 4.27. The van der Waals surface area contributed by atoms with E-state index in [-0.39, 0.29) is 23.6 Å². The van der Waals surface area contributed by atoms with Gasteiger partial charge in [-0.15, -0.1) is 0 Å². The Balaban J connectivity index is 2.89. The fourth-order valence-electron chi connectivity index (χ4n) is 1.24. The van der Waals surface area contributed by atoms with Gasteiger partial charge in [-0.25, -0.2) is 18.1 Å². The molecule has 17 heavy (non-hydrogen) atoms. The summed E-state index contributed by atoms with van der Waals surface area (Å²) in [5.41, 5.74) is 0. The van der Waals surface area contributed by atoms with E-state index < -0.39 is 10.0 Å². The SMILES string of the molecule is Cc1nc(S(=O)(=O)NC(C)C(C)CO)cn1C. The number of imidazole rings is 1. The molecule has 0 fully saturated rings. The van der Waals surface area contributed by atoms with E-state index in [0.29, 0.717) is 5.82 Å². The van der Waals surface area contributed by atoms with Gasteiger partial charge < -0.3 is 9.67 Å². The number of aryl methyl sites for hydroxylation is 2. The molecule has 0 aliphatic carbocycles. The first-order chi connectivity index (χ1) is 7.77. The summed E-state index contributed by atoms with van der Waals surface area (Å²) in [6.45, 7) is 5.16. The molecule has 0 saturated heterocycles. The summed E-state index contributed by atoms with van der Waals surface area (Å²) in [5.74, 6) is 0.489. The van der Waals surface area contributed by atoms with E-state index in [1.54, 1.807) is 32.4 Å². The van der Waals surface area contributed by atoms with Crippen molar-refractivity contribution in [3.05, 3.63) is 12.0 Å². The third kappa shape index (κ3) is 3.27. The van der Waals surface area contributed by atoms with Gasteiger partial charge in [-0.3, -0.25) is 0 Å². The lowest BCUT2D eigenvalue weighted by Gasteiger charge is -2.18. The van der Waals surface area contributed by atoms with Gasteiger partial charge in [0.05, 0.1) is 0 Å². The summed E-state index contributed by atoms with van der Waals surface area (Å²) in [4.78, 5) is 3.97. The van der Waals surface area contributed by atoms with Crippen molar-refractivity contribution in [3.63, 3.8) is 0 Å². The molecule has 0 bridgehead atoms. The number of hydrogen-bond donors (Lipinski definition) is 2. The Labute approximate surface area is 102 Å². The first kappa shape index (κ1) is 14.1. The zero-order chi connectivity index (χ0) is 13.2. The van der Waals surface area contributed by atoms with Crippen LogP contribution in [0.3, 0.4) is 0 Å². The van der Waals surface area contributed by atoms with Crippen molar-refractivity contribution in [2.45, 2.75) is 31.8 Å². The lowest BCUT2D eigenvalue weighted by atomic mass is 10.1. The van der Waals surface area contributed by atoms with Crippen molar-refractivity contribution in [2.24, 2.45) is 13.0 Å². The minimum Gasteiger partial charge on any atom is -0.396 e. The largest absolute Gasteiger partial charge is 0.396 e. The Morgan fingerprint density at radius 2 is 2.12 bits per heavy atom. The summed E-state index contributed by atoms with van der Waals surface area (Å²) >= 11 is 0. The van der Waals surface area contributed by atoms with Crippen LogP contribution in [0.4, 0.5) is 0 Å². The predicted octanol–water partition coefficient (Wildman–Crippen LogP) is 0.0237. The minimum atomic E-state index is -3.61. The van der Waals surface area contributed by atoms with Gasteiger partial charge in [-0.05, 0) is 19.8 Å². The highest BCUT2D eigenvalue weighted by atomic mass is 32.2. The van der Waals surface area contributed by atoms with E-state index in [2.05, 4.69) is 9.71 Å². The molecule has 98 valence electrons. The van der Waals surface area contributed by atoms with Crippen LogP contribution in [0.2, 0.25) is 0 Å². The molecule has 1 aromatic heterocycles. The number of aliphatic hydroxyl groups excluding tert-OH is 1. The zero-order valence-corrected chi connectivity index (χ0v) is 11.3. The van der Waals surface area contributed by atoms with E-state index in [4.69, 9.17) is 5.11 Å². The average molecular weight is 261 g/mol. The highest BCUT2D eigenvalue weighted by molar-refractivity contribution is 7.89. The van der Waals surface area contributed by atoms with Crippen LogP contribution in [-0.2, 0) is 17.1 Å². The summed E-state index contributed by atoms with van der Waals surface area (Å²) in [6.07, 6.45) is 1.47. The lowest BCUT2D eigenvalue weighted by Crippen LogP contribution is -2.38. The number of hydrogen-bond acceptors (Lipinski definition) is 4. The van der Waals surface area contributed by atoms with E-state index in [1.165, 1.54) is 6.20 Å². The molecule has 1 rings (SSSR count). The molecule has 2 unspecified atom stereocenters. The molecule has 0 spiro atoms. The van der Waals surface area contributed by atoms with Gasteiger partial charge in [0.25, 0.3) is 10.0 Å². The lowest BCUT2D eigenvalue weighted by molar-refractivity contribution is 0.216. The van der Waals surface area contributed by atoms with Crippen LogP contribution >= 0.6 is 0 Å². The molecule has 6 nitrogen and oxygen atoms in total. The molecule has 7 heteroatoms. The Bertz CT molecular complexity index is 461. The third-order valence-electron chi connectivity index (χ3n) is 2.84. The second-order valence-corrected chi connectivity index (χ2v) is 5.97. The van der Waals surface area contributed by atoms with E-state index in [9.17, 15) is 8.42 Å². The van der Waals surface area contributed by atoms with Gasteiger partial charge in [0.15, 0.2) is 5.03 Å². The number of nitrogens with zero attached hydrogens (tertiary/aromatic N) is 2. The van der Waals surface area contributed by atoms with Crippen molar-refractivity contribution >= 4 is 10.0 Å². The van der Waals surface area contributed by atoms with Crippen LogP contribution in [0.15, 0.2) is 11.2 Å². The van der Waals surface area contributed by atoms with E-state index in [0.717, 1.165) is 0 Å². The molecular formula is C10H19N3O3S. The molecule has 1 heterocycles. The van der Waals surface area contributed by atoms with Crippen molar-refractivity contribution in [3.8, 4) is 0 Å². The smallest absolute Gasteiger partial charge is 0.259 e. The highest BCUT2D eigenvalue weighted by Gasteiger charge is 2.23. The Morgan fingerprint density at radius 3 is 2.53 bits per heavy atom. The second-order valence-electron chi connectivity index (χ2n) is 4.31. The van der Waals surface area contributed by atoms with Gasteiger partial charge in [0.2, 0.25) is 0 Å². The van der Waals surface area contributed by atoms with Crippen LogP contribution in [0, 0.1) is 12.8 Å². The van der Waals surface area contributed by atoms with Crippen LogP contribution in [0.25, 0.3) is 0 Å². The normalized spacial score (nSPS) is 15.8. The maximum atomic E-state index is 12.0. The molecule has 2 N–H and O–H groups in total. The molecule has 0 saturated carbocycles. The minimum absolute atomic E-state index is 0.00879. The topological polar surface area (TPSA) is 84.2 Å². The number of rotatable bonds is 5. The van der Waals surface area contributed by atoms with Crippen LogP contribution in [-0.4, -0.2) is 35.7 Å². The quantitative estimate of drug-likeness (QED) is 0.783. The standard InChI is InChI=1S/C10H19N3O3S/c1-7(6-14)8(2)12-17(15,16)10-5-13(4)9(3)11-10/h5,7-8,12,14H,6H2,1-4H3. The van der Waals surface area contributed by atoms with Crippen LogP contribution in [0.5, 0.6) is 0 Å². The maximum absolute atomic E-state index is 12.0. The average Bonchev–Trinajstić information content (AvgIpc) is 2.58. The summed E-state index contributed by atoms with van der Waals surface area (Å²) in [6, 6.07) is -0.340. The molecule has 0 aromatic carbocycles. The van der Waals surface area contributed by atoms with Crippen LogP contribution in [0.1, 0.15) is 19.7 Å². The summed E-state index contributed by atoms with van der Waals surface area (Å²) in [7, 11) is -1.87. The van der Waals surface area contributed by atoms with Crippen molar-refractivity contribution in [1.82, 2.24) is 14.3 Å². The van der Waals surface area contributed by atoms with Crippen molar-refractivity contribution < 1.29 is 13.5 Å². The Morgan fingerprint density at radius 1 is 1.53 bits per heavy atom. The van der Waals surface area contributed by atoms with Gasteiger partial charge in [-0.1, -0.05) is 6.92 Å². The number of aliphatic hydroxyl groups is 1. The number of aromatic nitrogens is 2. The monoisotopic (exact) mass is 261 g/mol. The molecule has 0 aliphatic heterocycles. The Kier molecular flexibility index (Phi) is 4.29. The molecule has 0 radical (unpaired) electrons. The fraction of sp³-hybridized carbons (Fsp3) is 0.700. The van der Waals surface area contributed by atoms with E-state index in [1.807, 2.05) is 0 Å². The van der Waals surface area contributed by atoms with Gasteiger partial charge in [0.1, 0.15) is 5.82 Å². The van der Waals surface area contributed by atoms with Crippen molar-refractivity contribution in [2.75, 3.05) is 6.61 Å². The number of sulfonamides is 1. The maximum Gasteiger partial charge on any atom is 0.259 e. The second kappa shape index (κ2) is 5.16. The van der Waals surface area contributed by atoms with Gasteiger partial charge in [-0.2, -0.15) is 0 Å². The molecule has 2 atom stereocenters. The van der Waals surface area contributed by atoms with Gasteiger partial charge >= 0.3 is 0 Å². The summed E-state index contributed by atoms with van der Waals surface area (Å²) in [5, 5.41) is 8.98. The van der Waals surface area contributed by atoms with Crippen molar-refractivity contribution in [1.29, 1.82) is 0 Å². The number of nitrogens with one attached hydrogen (secondary N) is 1.